The van der Waals surface area contributed by atoms with Crippen LogP contribution >= 0.6 is 0 Å². The molecular formula is C28H28FNO7. The van der Waals surface area contributed by atoms with Crippen LogP contribution in [0.1, 0.15) is 34.8 Å². The van der Waals surface area contributed by atoms with Gasteiger partial charge < -0.3 is 29.0 Å². The topological polar surface area (TPSA) is 94.5 Å². The molecule has 0 saturated carbocycles. The Bertz CT molecular complexity index is 1330. The minimum atomic E-state index is -1.33. The summed E-state index contributed by atoms with van der Waals surface area (Å²) in [4.78, 5) is 26.9. The second-order valence-electron chi connectivity index (χ2n) is 8.58. The van der Waals surface area contributed by atoms with Crippen molar-refractivity contribution in [3.63, 3.8) is 0 Å². The van der Waals surface area contributed by atoms with Gasteiger partial charge in [-0.2, -0.15) is 0 Å². The molecule has 3 aromatic rings. The van der Waals surface area contributed by atoms with Gasteiger partial charge in [0.15, 0.2) is 0 Å². The molecule has 1 heterocycles. The van der Waals surface area contributed by atoms with E-state index in [-0.39, 0.29) is 6.54 Å². The first-order chi connectivity index (χ1) is 17.8. The zero-order chi connectivity index (χ0) is 26.7. The number of carboxylic acid groups (broad SMARTS) is 1. The van der Waals surface area contributed by atoms with E-state index >= 15 is 0 Å². The number of hydrogen-bond donors (Lipinski definition) is 1. The van der Waals surface area contributed by atoms with Crippen molar-refractivity contribution in [2.45, 2.75) is 32.1 Å². The SMILES string of the molecule is COc1ccc(CN2C(=O)[C@@H](CC(=O)O)O[C@H](c3cccc(OC)c3C)c3cc(F)ccc32)c(OC)c1. The lowest BCUT2D eigenvalue weighted by Gasteiger charge is -2.25. The minimum Gasteiger partial charge on any atom is -0.497 e. The number of benzene rings is 3. The van der Waals surface area contributed by atoms with Gasteiger partial charge in [0.25, 0.3) is 5.91 Å². The Balaban J connectivity index is 1.90. The van der Waals surface area contributed by atoms with E-state index in [1.54, 1.807) is 36.4 Å². The fourth-order valence-electron chi connectivity index (χ4n) is 4.56. The second kappa shape index (κ2) is 10.9. The molecule has 1 N–H and O–H groups in total. The summed E-state index contributed by atoms with van der Waals surface area (Å²) in [5.41, 5.74) is 2.82. The summed E-state index contributed by atoms with van der Waals surface area (Å²) in [6, 6.07) is 14.6. The first kappa shape index (κ1) is 26.0. The molecule has 0 unspecified atom stereocenters. The Morgan fingerprint density at radius 1 is 1.00 bits per heavy atom. The molecule has 0 aromatic heterocycles. The van der Waals surface area contributed by atoms with Gasteiger partial charge in [0.05, 0.1) is 40.0 Å². The predicted molar refractivity (Wildman–Crippen MR) is 134 cm³/mol. The Morgan fingerprint density at radius 2 is 1.76 bits per heavy atom. The van der Waals surface area contributed by atoms with Crippen LogP contribution in [-0.2, 0) is 20.9 Å². The highest BCUT2D eigenvalue weighted by atomic mass is 19.1. The van der Waals surface area contributed by atoms with Crippen LogP contribution in [0, 0.1) is 12.7 Å². The van der Waals surface area contributed by atoms with Gasteiger partial charge in [0.1, 0.15) is 35.3 Å². The third-order valence-corrected chi connectivity index (χ3v) is 6.42. The van der Waals surface area contributed by atoms with E-state index in [0.717, 1.165) is 5.56 Å². The van der Waals surface area contributed by atoms with E-state index in [1.807, 2.05) is 6.92 Å². The molecular weight excluding hydrogens is 481 g/mol. The first-order valence-electron chi connectivity index (χ1n) is 11.6. The van der Waals surface area contributed by atoms with Crippen molar-refractivity contribution in [2.75, 3.05) is 26.2 Å². The second-order valence-corrected chi connectivity index (χ2v) is 8.58. The average molecular weight is 510 g/mol. The third-order valence-electron chi connectivity index (χ3n) is 6.42. The van der Waals surface area contributed by atoms with Gasteiger partial charge in [0.2, 0.25) is 0 Å². The molecule has 0 fully saturated rings. The standard InChI is InChI=1S/C28H28FNO7/c1-16-20(6-5-7-23(16)35-3)27-21-12-18(29)9-11-22(21)30(28(33)25(37-27)14-26(31)32)15-17-8-10-19(34-2)13-24(17)36-4/h5-13,25,27H,14-15H2,1-4H3,(H,31,32)/t25-,27-/m1/s1. The Kier molecular flexibility index (Phi) is 7.63. The summed E-state index contributed by atoms with van der Waals surface area (Å²) in [7, 11) is 4.57. The highest BCUT2D eigenvalue weighted by molar-refractivity contribution is 5.99. The molecule has 194 valence electrons. The number of ether oxygens (including phenoxy) is 4. The number of rotatable bonds is 8. The zero-order valence-electron chi connectivity index (χ0n) is 21.0. The maximum absolute atomic E-state index is 14.6. The smallest absolute Gasteiger partial charge is 0.306 e. The number of nitrogens with zero attached hydrogens (tertiary/aromatic N) is 1. The minimum absolute atomic E-state index is 0.0356. The lowest BCUT2D eigenvalue weighted by Crippen LogP contribution is -2.40. The molecule has 0 spiro atoms. The number of halogens is 1. The van der Waals surface area contributed by atoms with Gasteiger partial charge in [-0.3, -0.25) is 9.59 Å². The van der Waals surface area contributed by atoms with Crippen molar-refractivity contribution in [1.29, 1.82) is 0 Å². The maximum atomic E-state index is 14.6. The number of amides is 1. The van der Waals surface area contributed by atoms with Crippen LogP contribution in [0.25, 0.3) is 0 Å². The molecule has 1 amide bonds. The van der Waals surface area contributed by atoms with Crippen LogP contribution in [0.3, 0.4) is 0 Å². The van der Waals surface area contributed by atoms with E-state index in [0.29, 0.717) is 39.6 Å². The van der Waals surface area contributed by atoms with E-state index in [4.69, 9.17) is 18.9 Å². The molecule has 0 radical (unpaired) electrons. The summed E-state index contributed by atoms with van der Waals surface area (Å²) in [6.45, 7) is 1.86. The number of carbonyl (C=O) groups is 2. The fraction of sp³-hybridized carbons (Fsp3) is 0.286. The monoisotopic (exact) mass is 509 g/mol. The van der Waals surface area contributed by atoms with Crippen LogP contribution < -0.4 is 19.1 Å². The first-order valence-corrected chi connectivity index (χ1v) is 11.6. The highest BCUT2D eigenvalue weighted by Gasteiger charge is 2.39. The van der Waals surface area contributed by atoms with Crippen molar-refractivity contribution >= 4 is 17.6 Å². The van der Waals surface area contributed by atoms with Crippen molar-refractivity contribution in [1.82, 2.24) is 0 Å². The number of carbonyl (C=O) groups excluding carboxylic acids is 1. The van der Waals surface area contributed by atoms with Gasteiger partial charge in [0, 0.05) is 17.2 Å². The summed E-state index contributed by atoms with van der Waals surface area (Å²) in [6.07, 6.45) is -2.81. The summed E-state index contributed by atoms with van der Waals surface area (Å²) >= 11 is 0. The maximum Gasteiger partial charge on any atom is 0.306 e. The average Bonchev–Trinajstić information content (AvgIpc) is 2.99. The Hall–Kier alpha value is -4.11. The lowest BCUT2D eigenvalue weighted by atomic mass is 9.95. The number of aliphatic carboxylic acids is 1. The molecule has 0 saturated heterocycles. The molecule has 1 aliphatic heterocycles. The Labute approximate surface area is 214 Å². The van der Waals surface area contributed by atoms with Crippen LogP contribution in [0.2, 0.25) is 0 Å². The van der Waals surface area contributed by atoms with Crippen LogP contribution in [0.4, 0.5) is 10.1 Å². The quantitative estimate of drug-likeness (QED) is 0.472. The molecule has 9 heteroatoms. The van der Waals surface area contributed by atoms with Crippen LogP contribution in [0.5, 0.6) is 17.2 Å². The summed E-state index contributed by atoms with van der Waals surface area (Å²) in [5.74, 6) is -0.625. The molecule has 37 heavy (non-hydrogen) atoms. The van der Waals surface area contributed by atoms with E-state index in [9.17, 15) is 19.1 Å². The molecule has 0 aliphatic carbocycles. The zero-order valence-corrected chi connectivity index (χ0v) is 21.0. The van der Waals surface area contributed by atoms with Gasteiger partial charge in [-0.25, -0.2) is 4.39 Å². The summed E-state index contributed by atoms with van der Waals surface area (Å²) < 4.78 is 37.0. The molecule has 4 rings (SSSR count). The van der Waals surface area contributed by atoms with E-state index in [2.05, 4.69) is 0 Å². The van der Waals surface area contributed by atoms with Crippen LogP contribution in [-0.4, -0.2) is 44.4 Å². The Morgan fingerprint density at radius 3 is 2.43 bits per heavy atom. The van der Waals surface area contributed by atoms with Crippen molar-refractivity contribution < 1.29 is 38.0 Å². The fourth-order valence-corrected chi connectivity index (χ4v) is 4.56. The van der Waals surface area contributed by atoms with E-state index < -0.39 is 36.3 Å². The molecule has 3 aromatic carbocycles. The van der Waals surface area contributed by atoms with Gasteiger partial charge >= 0.3 is 5.97 Å². The highest BCUT2D eigenvalue weighted by Crippen LogP contribution is 2.42. The molecule has 0 bridgehead atoms. The number of fused-ring (bicyclic) bond motifs is 1. The van der Waals surface area contributed by atoms with Crippen molar-refractivity contribution in [3.05, 3.63) is 82.7 Å². The van der Waals surface area contributed by atoms with E-state index in [1.165, 1.54) is 44.4 Å². The summed E-state index contributed by atoms with van der Waals surface area (Å²) in [5, 5.41) is 9.58. The van der Waals surface area contributed by atoms with Crippen LogP contribution in [0.15, 0.2) is 54.6 Å². The van der Waals surface area contributed by atoms with Gasteiger partial charge in [-0.15, -0.1) is 0 Å². The molecule has 8 nitrogen and oxygen atoms in total. The normalized spacial score (nSPS) is 17.1. The number of hydrogen-bond acceptors (Lipinski definition) is 6. The number of carboxylic acids is 1. The number of anilines is 1. The molecule has 1 aliphatic rings. The third kappa shape index (κ3) is 5.22. The lowest BCUT2D eigenvalue weighted by molar-refractivity contribution is -0.147. The molecule has 2 atom stereocenters. The largest absolute Gasteiger partial charge is 0.497 e. The van der Waals surface area contributed by atoms with Gasteiger partial charge in [-0.05, 0) is 54.4 Å². The number of methoxy groups -OCH3 is 3. The van der Waals surface area contributed by atoms with Crippen molar-refractivity contribution in [3.8, 4) is 17.2 Å². The van der Waals surface area contributed by atoms with Crippen molar-refractivity contribution in [2.24, 2.45) is 0 Å². The predicted octanol–water partition coefficient (Wildman–Crippen LogP) is 4.66. The van der Waals surface area contributed by atoms with Gasteiger partial charge in [-0.1, -0.05) is 12.1 Å².